The number of amides is 2. The number of carbonyl (C=O) groups excluding carboxylic acids is 2. The van der Waals surface area contributed by atoms with Crippen molar-refractivity contribution in [1.29, 1.82) is 0 Å². The lowest BCUT2D eigenvalue weighted by Gasteiger charge is -2.16. The quantitative estimate of drug-likeness (QED) is 0.902. The van der Waals surface area contributed by atoms with E-state index in [0.29, 0.717) is 24.4 Å². The Bertz CT molecular complexity index is 483. The summed E-state index contributed by atoms with van der Waals surface area (Å²) in [6.07, 6.45) is 1.49. The Hall–Kier alpha value is -1.84. The van der Waals surface area contributed by atoms with Crippen LogP contribution in [0, 0.1) is 5.92 Å². The fraction of sp³-hybridized carbons (Fsp3) is 0.467. The van der Waals surface area contributed by atoms with Crippen LogP contribution >= 0.6 is 0 Å². The molecule has 1 aliphatic heterocycles. The summed E-state index contributed by atoms with van der Waals surface area (Å²) in [5, 5.41) is 2.89. The first kappa shape index (κ1) is 13.6. The van der Waals surface area contributed by atoms with Gasteiger partial charge >= 0.3 is 0 Å². The molecular formula is C15H20N2O2. The van der Waals surface area contributed by atoms with E-state index in [1.165, 1.54) is 0 Å². The van der Waals surface area contributed by atoms with E-state index in [1.54, 1.807) is 17.0 Å². The largest absolute Gasteiger partial charge is 0.352 e. The third-order valence-corrected chi connectivity index (χ3v) is 3.16. The predicted octanol–water partition coefficient (Wildman–Crippen LogP) is 2.20. The van der Waals surface area contributed by atoms with E-state index in [2.05, 4.69) is 19.2 Å². The molecule has 0 radical (unpaired) electrons. The number of rotatable bonds is 4. The second kappa shape index (κ2) is 5.87. The van der Waals surface area contributed by atoms with Gasteiger partial charge in [-0.15, -0.1) is 0 Å². The molecule has 1 heterocycles. The fourth-order valence-electron chi connectivity index (χ4n) is 2.14. The monoisotopic (exact) mass is 260 g/mol. The maximum Gasteiger partial charge on any atom is 0.251 e. The van der Waals surface area contributed by atoms with Gasteiger partial charge in [-0.05, 0) is 30.5 Å². The van der Waals surface area contributed by atoms with Crippen LogP contribution in [-0.2, 0) is 4.79 Å². The molecule has 4 heteroatoms. The minimum Gasteiger partial charge on any atom is -0.352 e. The Morgan fingerprint density at radius 1 is 1.42 bits per heavy atom. The van der Waals surface area contributed by atoms with Crippen molar-refractivity contribution in [1.82, 2.24) is 5.32 Å². The molecule has 0 spiro atoms. The molecule has 4 nitrogen and oxygen atoms in total. The second-order valence-corrected chi connectivity index (χ2v) is 5.30. The van der Waals surface area contributed by atoms with E-state index in [1.807, 2.05) is 12.1 Å². The zero-order valence-electron chi connectivity index (χ0n) is 11.5. The average Bonchev–Trinajstić information content (AvgIpc) is 2.82. The molecule has 1 N–H and O–H groups in total. The molecule has 0 bridgehead atoms. The van der Waals surface area contributed by atoms with Gasteiger partial charge in [-0.25, -0.2) is 0 Å². The molecule has 19 heavy (non-hydrogen) atoms. The van der Waals surface area contributed by atoms with E-state index < -0.39 is 0 Å². The van der Waals surface area contributed by atoms with Gasteiger partial charge in [0, 0.05) is 30.8 Å². The number of benzene rings is 1. The van der Waals surface area contributed by atoms with E-state index in [0.717, 1.165) is 18.7 Å². The molecule has 1 aromatic carbocycles. The van der Waals surface area contributed by atoms with Crippen molar-refractivity contribution >= 4 is 17.5 Å². The molecule has 2 rings (SSSR count). The van der Waals surface area contributed by atoms with Crippen molar-refractivity contribution < 1.29 is 9.59 Å². The highest BCUT2D eigenvalue weighted by atomic mass is 16.2. The molecule has 0 saturated carbocycles. The van der Waals surface area contributed by atoms with E-state index in [4.69, 9.17) is 0 Å². The van der Waals surface area contributed by atoms with Gasteiger partial charge in [-0.3, -0.25) is 9.59 Å². The van der Waals surface area contributed by atoms with Gasteiger partial charge in [0.25, 0.3) is 5.91 Å². The molecule has 0 unspecified atom stereocenters. The summed E-state index contributed by atoms with van der Waals surface area (Å²) in [5.74, 6) is 0.481. The lowest BCUT2D eigenvalue weighted by atomic mass is 10.1. The molecule has 2 amide bonds. The number of nitrogens with zero attached hydrogens (tertiary/aromatic N) is 1. The molecule has 1 aliphatic rings. The Morgan fingerprint density at radius 2 is 2.21 bits per heavy atom. The van der Waals surface area contributed by atoms with Crippen LogP contribution < -0.4 is 10.2 Å². The van der Waals surface area contributed by atoms with Crippen molar-refractivity contribution in [2.24, 2.45) is 5.92 Å². The fourth-order valence-corrected chi connectivity index (χ4v) is 2.14. The van der Waals surface area contributed by atoms with E-state index in [-0.39, 0.29) is 11.8 Å². The van der Waals surface area contributed by atoms with Crippen molar-refractivity contribution in [3.05, 3.63) is 29.8 Å². The van der Waals surface area contributed by atoms with E-state index in [9.17, 15) is 9.59 Å². The first-order chi connectivity index (χ1) is 9.08. The van der Waals surface area contributed by atoms with Crippen LogP contribution in [0.3, 0.4) is 0 Å². The van der Waals surface area contributed by atoms with Gasteiger partial charge in [0.1, 0.15) is 0 Å². The minimum absolute atomic E-state index is 0.0813. The maximum atomic E-state index is 12.0. The smallest absolute Gasteiger partial charge is 0.251 e. The van der Waals surface area contributed by atoms with Crippen LogP contribution in [0.15, 0.2) is 24.3 Å². The summed E-state index contributed by atoms with van der Waals surface area (Å²) in [4.78, 5) is 25.4. The standard InChI is InChI=1S/C15H20N2O2/c1-11(2)10-16-15(19)12-5-3-6-13(9-12)17-8-4-7-14(17)18/h3,5-6,9,11H,4,7-8,10H2,1-2H3,(H,16,19). The highest BCUT2D eigenvalue weighted by Gasteiger charge is 2.22. The third-order valence-electron chi connectivity index (χ3n) is 3.16. The molecule has 102 valence electrons. The number of carbonyl (C=O) groups is 2. The topological polar surface area (TPSA) is 49.4 Å². The Kier molecular flexibility index (Phi) is 4.20. The second-order valence-electron chi connectivity index (χ2n) is 5.30. The van der Waals surface area contributed by atoms with Crippen molar-refractivity contribution in [3.63, 3.8) is 0 Å². The summed E-state index contributed by atoms with van der Waals surface area (Å²) in [7, 11) is 0. The molecular weight excluding hydrogens is 240 g/mol. The third kappa shape index (κ3) is 3.34. The molecule has 0 aliphatic carbocycles. The van der Waals surface area contributed by atoms with Crippen molar-refractivity contribution in [2.75, 3.05) is 18.0 Å². The minimum atomic E-state index is -0.0813. The predicted molar refractivity (Wildman–Crippen MR) is 75.2 cm³/mol. The maximum absolute atomic E-state index is 12.0. The SMILES string of the molecule is CC(C)CNC(=O)c1cccc(N2CCCC2=O)c1. The van der Waals surface area contributed by atoms with Gasteiger partial charge in [-0.2, -0.15) is 0 Å². The number of hydrogen-bond donors (Lipinski definition) is 1. The number of nitrogens with one attached hydrogen (secondary N) is 1. The summed E-state index contributed by atoms with van der Waals surface area (Å²) in [6.45, 7) is 5.51. The normalized spacial score (nSPS) is 15.1. The van der Waals surface area contributed by atoms with Gasteiger partial charge in [0.2, 0.25) is 5.91 Å². The first-order valence-corrected chi connectivity index (χ1v) is 6.76. The van der Waals surface area contributed by atoms with Crippen LogP contribution in [0.4, 0.5) is 5.69 Å². The lowest BCUT2D eigenvalue weighted by molar-refractivity contribution is -0.117. The zero-order chi connectivity index (χ0) is 13.8. The van der Waals surface area contributed by atoms with Crippen LogP contribution in [0.5, 0.6) is 0 Å². The average molecular weight is 260 g/mol. The summed E-state index contributed by atoms with van der Waals surface area (Å²) < 4.78 is 0. The van der Waals surface area contributed by atoms with Gasteiger partial charge in [0.15, 0.2) is 0 Å². The van der Waals surface area contributed by atoms with Gasteiger partial charge in [-0.1, -0.05) is 19.9 Å². The first-order valence-electron chi connectivity index (χ1n) is 6.76. The van der Waals surface area contributed by atoms with Gasteiger partial charge < -0.3 is 10.2 Å². The zero-order valence-corrected chi connectivity index (χ0v) is 11.5. The summed E-state index contributed by atoms with van der Waals surface area (Å²) >= 11 is 0. The lowest BCUT2D eigenvalue weighted by Crippen LogP contribution is -2.28. The van der Waals surface area contributed by atoms with Crippen molar-refractivity contribution in [3.8, 4) is 0 Å². The van der Waals surface area contributed by atoms with Crippen LogP contribution in [0.2, 0.25) is 0 Å². The van der Waals surface area contributed by atoms with Crippen LogP contribution in [0.25, 0.3) is 0 Å². The molecule has 0 aromatic heterocycles. The van der Waals surface area contributed by atoms with Gasteiger partial charge in [0.05, 0.1) is 0 Å². The Morgan fingerprint density at radius 3 is 2.84 bits per heavy atom. The number of hydrogen-bond acceptors (Lipinski definition) is 2. The highest BCUT2D eigenvalue weighted by molar-refractivity contribution is 5.99. The van der Waals surface area contributed by atoms with E-state index >= 15 is 0 Å². The van der Waals surface area contributed by atoms with Crippen molar-refractivity contribution in [2.45, 2.75) is 26.7 Å². The molecule has 1 fully saturated rings. The molecule has 1 saturated heterocycles. The Balaban J connectivity index is 2.10. The summed E-state index contributed by atoms with van der Waals surface area (Å²) in [5.41, 5.74) is 1.43. The Labute approximate surface area is 113 Å². The molecule has 0 atom stereocenters. The van der Waals surface area contributed by atoms with Crippen LogP contribution in [-0.4, -0.2) is 24.9 Å². The summed E-state index contributed by atoms with van der Waals surface area (Å²) in [6, 6.07) is 7.27. The van der Waals surface area contributed by atoms with Crippen LogP contribution in [0.1, 0.15) is 37.0 Å². The number of anilines is 1. The highest BCUT2D eigenvalue weighted by Crippen LogP contribution is 2.22. The molecule has 1 aromatic rings.